The molecule has 0 saturated carbocycles. The normalized spacial score (nSPS) is 20.3. The van der Waals surface area contributed by atoms with E-state index in [1.807, 2.05) is 18.2 Å². The second-order valence-corrected chi connectivity index (χ2v) is 6.01. The van der Waals surface area contributed by atoms with Crippen molar-refractivity contribution in [2.75, 3.05) is 24.5 Å². The van der Waals surface area contributed by atoms with Gasteiger partial charge < -0.3 is 15.5 Å². The van der Waals surface area contributed by atoms with Gasteiger partial charge in [0.2, 0.25) is 5.91 Å². The zero-order chi connectivity index (χ0) is 15.8. The van der Waals surface area contributed by atoms with E-state index in [1.165, 1.54) is 12.1 Å². The van der Waals surface area contributed by atoms with Crippen molar-refractivity contribution in [2.24, 2.45) is 0 Å². The summed E-state index contributed by atoms with van der Waals surface area (Å²) < 4.78 is 13.5. The Morgan fingerprint density at radius 3 is 2.87 bits per heavy atom. The van der Waals surface area contributed by atoms with E-state index in [0.29, 0.717) is 6.42 Å². The van der Waals surface area contributed by atoms with E-state index in [-0.39, 0.29) is 17.9 Å². The van der Waals surface area contributed by atoms with E-state index < -0.39 is 0 Å². The SMILES string of the molecule is O=C1Cc2ccc(-c3cccc(F)c3)cc2N2CCNCC2N1. The molecule has 1 atom stereocenters. The largest absolute Gasteiger partial charge is 0.349 e. The molecule has 2 aliphatic heterocycles. The standard InChI is InChI=1S/C18H18FN3O/c19-15-3-1-2-12(8-15)13-4-5-14-10-18(23)21-17-11-20-6-7-22(17)16(14)9-13/h1-5,8-9,17,20H,6-7,10-11H2,(H,21,23). The summed E-state index contributed by atoms with van der Waals surface area (Å²) in [4.78, 5) is 14.3. The highest BCUT2D eigenvalue weighted by Crippen LogP contribution is 2.31. The molecule has 2 N–H and O–H groups in total. The lowest BCUT2D eigenvalue weighted by Crippen LogP contribution is -2.58. The fraction of sp³-hybridized carbons (Fsp3) is 0.278. The zero-order valence-corrected chi connectivity index (χ0v) is 12.7. The average Bonchev–Trinajstić information content (AvgIpc) is 2.69. The second kappa shape index (κ2) is 5.66. The Labute approximate surface area is 134 Å². The zero-order valence-electron chi connectivity index (χ0n) is 12.7. The molecule has 1 unspecified atom stereocenters. The third-order valence-electron chi connectivity index (χ3n) is 4.47. The number of hydrogen-bond acceptors (Lipinski definition) is 3. The van der Waals surface area contributed by atoms with Gasteiger partial charge in [-0.3, -0.25) is 4.79 Å². The molecule has 2 heterocycles. The van der Waals surface area contributed by atoms with Gasteiger partial charge in [-0.15, -0.1) is 0 Å². The van der Waals surface area contributed by atoms with Gasteiger partial charge in [-0.1, -0.05) is 24.3 Å². The predicted octanol–water partition coefficient (Wildman–Crippen LogP) is 1.90. The fourth-order valence-corrected chi connectivity index (χ4v) is 3.36. The van der Waals surface area contributed by atoms with Gasteiger partial charge in [-0.05, 0) is 34.9 Å². The number of fused-ring (bicyclic) bond motifs is 3. The first-order valence-corrected chi connectivity index (χ1v) is 7.86. The van der Waals surface area contributed by atoms with Gasteiger partial charge in [-0.25, -0.2) is 4.39 Å². The number of carbonyl (C=O) groups excluding carboxylic acids is 1. The molecule has 0 aromatic heterocycles. The van der Waals surface area contributed by atoms with Gasteiger partial charge in [0, 0.05) is 25.3 Å². The topological polar surface area (TPSA) is 44.4 Å². The van der Waals surface area contributed by atoms with Crippen molar-refractivity contribution in [3.63, 3.8) is 0 Å². The van der Waals surface area contributed by atoms with Crippen LogP contribution in [0, 0.1) is 5.82 Å². The first kappa shape index (κ1) is 14.2. The van der Waals surface area contributed by atoms with Crippen LogP contribution in [-0.2, 0) is 11.2 Å². The number of piperazine rings is 1. The number of nitrogens with one attached hydrogen (secondary N) is 2. The van der Waals surface area contributed by atoms with E-state index in [9.17, 15) is 9.18 Å². The number of rotatable bonds is 1. The molecule has 5 heteroatoms. The lowest BCUT2D eigenvalue weighted by molar-refractivity contribution is -0.121. The molecule has 1 saturated heterocycles. The van der Waals surface area contributed by atoms with Gasteiger partial charge in [0.25, 0.3) is 0 Å². The van der Waals surface area contributed by atoms with E-state index in [0.717, 1.165) is 42.0 Å². The maximum absolute atomic E-state index is 13.5. The lowest BCUT2D eigenvalue weighted by atomic mass is 10.00. The highest BCUT2D eigenvalue weighted by molar-refractivity contribution is 5.84. The van der Waals surface area contributed by atoms with Crippen LogP contribution in [0.5, 0.6) is 0 Å². The Hall–Kier alpha value is -2.40. The minimum atomic E-state index is -0.241. The Morgan fingerprint density at radius 1 is 1.13 bits per heavy atom. The number of hydrogen-bond donors (Lipinski definition) is 2. The molecular weight excluding hydrogens is 293 g/mol. The number of anilines is 1. The fourth-order valence-electron chi connectivity index (χ4n) is 3.36. The molecular formula is C18H18FN3O. The summed E-state index contributed by atoms with van der Waals surface area (Å²) in [5.41, 5.74) is 3.90. The number of nitrogens with zero attached hydrogens (tertiary/aromatic N) is 1. The number of halogens is 1. The van der Waals surface area contributed by atoms with Crippen molar-refractivity contribution < 1.29 is 9.18 Å². The highest BCUT2D eigenvalue weighted by Gasteiger charge is 2.29. The average molecular weight is 311 g/mol. The lowest BCUT2D eigenvalue weighted by Gasteiger charge is -2.37. The molecule has 23 heavy (non-hydrogen) atoms. The van der Waals surface area contributed by atoms with E-state index >= 15 is 0 Å². The molecule has 0 spiro atoms. The molecule has 0 aliphatic carbocycles. The molecule has 1 fully saturated rings. The van der Waals surface area contributed by atoms with Crippen molar-refractivity contribution in [3.8, 4) is 11.1 Å². The minimum absolute atomic E-state index is 0.0275. The molecule has 4 nitrogen and oxygen atoms in total. The Kier molecular flexibility index (Phi) is 3.50. The Bertz CT molecular complexity index is 762. The van der Waals surface area contributed by atoms with Crippen molar-refractivity contribution >= 4 is 11.6 Å². The maximum atomic E-state index is 13.5. The molecule has 118 valence electrons. The monoisotopic (exact) mass is 311 g/mol. The van der Waals surface area contributed by atoms with Crippen LogP contribution in [0.25, 0.3) is 11.1 Å². The quantitative estimate of drug-likeness (QED) is 0.845. The highest BCUT2D eigenvalue weighted by atomic mass is 19.1. The van der Waals surface area contributed by atoms with Crippen LogP contribution in [0.1, 0.15) is 5.56 Å². The number of carbonyl (C=O) groups is 1. The van der Waals surface area contributed by atoms with Gasteiger partial charge >= 0.3 is 0 Å². The first-order valence-electron chi connectivity index (χ1n) is 7.86. The summed E-state index contributed by atoms with van der Waals surface area (Å²) in [6.45, 7) is 2.45. The van der Waals surface area contributed by atoms with Gasteiger partial charge in [-0.2, -0.15) is 0 Å². The first-order chi connectivity index (χ1) is 11.2. The molecule has 2 aromatic rings. The van der Waals surface area contributed by atoms with E-state index in [1.54, 1.807) is 6.07 Å². The molecule has 2 aromatic carbocycles. The number of benzene rings is 2. The molecule has 2 aliphatic rings. The summed E-state index contributed by atoms with van der Waals surface area (Å²) in [6, 6.07) is 12.6. The predicted molar refractivity (Wildman–Crippen MR) is 87.7 cm³/mol. The van der Waals surface area contributed by atoms with Gasteiger partial charge in [0.1, 0.15) is 12.0 Å². The molecule has 0 radical (unpaired) electrons. The van der Waals surface area contributed by atoms with Crippen LogP contribution >= 0.6 is 0 Å². The summed E-state index contributed by atoms with van der Waals surface area (Å²) in [5.74, 6) is -0.199. The summed E-state index contributed by atoms with van der Waals surface area (Å²) in [6.07, 6.45) is 0.353. The van der Waals surface area contributed by atoms with Gasteiger partial charge in [0.15, 0.2) is 0 Å². The molecule has 1 amide bonds. The third-order valence-corrected chi connectivity index (χ3v) is 4.47. The Balaban J connectivity index is 1.80. The Morgan fingerprint density at radius 2 is 2.00 bits per heavy atom. The van der Waals surface area contributed by atoms with Crippen molar-refractivity contribution in [1.82, 2.24) is 10.6 Å². The van der Waals surface area contributed by atoms with Crippen LogP contribution in [-0.4, -0.2) is 31.7 Å². The van der Waals surface area contributed by atoms with Gasteiger partial charge in [0.05, 0.1) is 6.42 Å². The minimum Gasteiger partial charge on any atom is -0.349 e. The molecule has 0 bridgehead atoms. The van der Waals surface area contributed by atoms with Crippen LogP contribution < -0.4 is 15.5 Å². The van der Waals surface area contributed by atoms with Crippen molar-refractivity contribution in [2.45, 2.75) is 12.6 Å². The van der Waals surface area contributed by atoms with E-state index in [2.05, 4.69) is 21.6 Å². The number of amides is 1. The van der Waals surface area contributed by atoms with E-state index in [4.69, 9.17) is 0 Å². The summed E-state index contributed by atoms with van der Waals surface area (Å²) >= 11 is 0. The van der Waals surface area contributed by atoms with Crippen LogP contribution in [0.4, 0.5) is 10.1 Å². The summed E-state index contributed by atoms with van der Waals surface area (Å²) in [5, 5.41) is 6.37. The van der Waals surface area contributed by atoms with Crippen LogP contribution in [0.2, 0.25) is 0 Å². The van der Waals surface area contributed by atoms with Crippen LogP contribution in [0.3, 0.4) is 0 Å². The maximum Gasteiger partial charge on any atom is 0.226 e. The third kappa shape index (κ3) is 2.68. The van der Waals surface area contributed by atoms with Crippen LogP contribution in [0.15, 0.2) is 42.5 Å². The van der Waals surface area contributed by atoms with Crippen molar-refractivity contribution in [3.05, 3.63) is 53.8 Å². The summed E-state index contributed by atoms with van der Waals surface area (Å²) in [7, 11) is 0. The second-order valence-electron chi connectivity index (χ2n) is 6.01. The smallest absolute Gasteiger partial charge is 0.226 e. The molecule has 4 rings (SSSR count). The van der Waals surface area contributed by atoms with Crippen molar-refractivity contribution in [1.29, 1.82) is 0 Å².